The summed E-state index contributed by atoms with van der Waals surface area (Å²) in [5, 5.41) is 3.73. The van der Waals surface area contributed by atoms with E-state index < -0.39 is 0 Å². The molecule has 2 atom stereocenters. The van der Waals surface area contributed by atoms with Gasteiger partial charge in [-0.25, -0.2) is 0 Å². The molecule has 0 amide bonds. The van der Waals surface area contributed by atoms with Crippen LogP contribution in [0.2, 0.25) is 0 Å². The van der Waals surface area contributed by atoms with Gasteiger partial charge in [0.15, 0.2) is 0 Å². The van der Waals surface area contributed by atoms with Crippen LogP contribution in [0.5, 0.6) is 0 Å². The van der Waals surface area contributed by atoms with Crippen molar-refractivity contribution in [3.63, 3.8) is 0 Å². The Kier molecular flexibility index (Phi) is 4.62. The van der Waals surface area contributed by atoms with Crippen molar-refractivity contribution in [2.45, 2.75) is 24.8 Å². The second-order valence-corrected chi connectivity index (χ2v) is 6.23. The van der Waals surface area contributed by atoms with Crippen LogP contribution in [0, 0.1) is 0 Å². The van der Waals surface area contributed by atoms with Crippen LogP contribution in [0.25, 0.3) is 0 Å². The third-order valence-electron chi connectivity index (χ3n) is 2.87. The van der Waals surface area contributed by atoms with Gasteiger partial charge in [0.05, 0.1) is 0 Å². The van der Waals surface area contributed by atoms with Crippen LogP contribution >= 0.6 is 23.5 Å². The Morgan fingerprint density at radius 3 is 3.12 bits per heavy atom. The minimum Gasteiger partial charge on any atom is -0.306 e. The summed E-state index contributed by atoms with van der Waals surface area (Å²) in [6.07, 6.45) is 2.17. The lowest BCUT2D eigenvalue weighted by Crippen LogP contribution is -2.35. The average Bonchev–Trinajstić information content (AvgIpc) is 2.30. The van der Waals surface area contributed by atoms with Gasteiger partial charge in [0.2, 0.25) is 0 Å². The fourth-order valence-corrected chi connectivity index (χ4v) is 3.87. The molecular formula is C13H19NS2. The highest BCUT2D eigenvalue weighted by molar-refractivity contribution is 7.98. The molecule has 0 bridgehead atoms. The van der Waals surface area contributed by atoms with E-state index in [-0.39, 0.29) is 0 Å². The minimum absolute atomic E-state index is 0.539. The molecule has 3 heteroatoms. The van der Waals surface area contributed by atoms with Crippen molar-refractivity contribution in [2.75, 3.05) is 17.8 Å². The fraction of sp³-hybridized carbons (Fsp3) is 0.538. The molecule has 2 rings (SSSR count). The van der Waals surface area contributed by atoms with Gasteiger partial charge in [-0.3, -0.25) is 0 Å². The van der Waals surface area contributed by atoms with Gasteiger partial charge in [-0.2, -0.15) is 23.5 Å². The molecule has 1 heterocycles. The standard InChI is InChI=1S/C13H19NS2/c1-10(7-15-2)14-13-9-16-8-11-5-3-4-6-12(11)13/h3-6,10,13-14H,7-9H2,1-2H3. The normalized spacial score (nSPS) is 21.5. The second-order valence-electron chi connectivity index (χ2n) is 4.29. The molecule has 1 aliphatic rings. The molecule has 1 aromatic carbocycles. The predicted octanol–water partition coefficient (Wildman–Crippen LogP) is 3.32. The summed E-state index contributed by atoms with van der Waals surface area (Å²) in [5.74, 6) is 3.56. The van der Waals surface area contributed by atoms with E-state index in [9.17, 15) is 0 Å². The van der Waals surface area contributed by atoms with Crippen LogP contribution in [0.4, 0.5) is 0 Å². The van der Waals surface area contributed by atoms with Crippen molar-refractivity contribution >= 4 is 23.5 Å². The molecule has 1 nitrogen and oxygen atoms in total. The third-order valence-corrected chi connectivity index (χ3v) is 4.79. The highest BCUT2D eigenvalue weighted by atomic mass is 32.2. The summed E-state index contributed by atoms with van der Waals surface area (Å²) in [4.78, 5) is 0. The van der Waals surface area contributed by atoms with Crippen molar-refractivity contribution in [1.29, 1.82) is 0 Å². The zero-order valence-corrected chi connectivity index (χ0v) is 11.5. The molecule has 0 aromatic heterocycles. The van der Waals surface area contributed by atoms with E-state index in [1.807, 2.05) is 23.5 Å². The molecule has 1 aromatic rings. The van der Waals surface area contributed by atoms with Crippen molar-refractivity contribution in [1.82, 2.24) is 5.32 Å². The maximum Gasteiger partial charge on any atom is 0.0417 e. The maximum atomic E-state index is 3.73. The Labute approximate surface area is 107 Å². The van der Waals surface area contributed by atoms with Crippen molar-refractivity contribution in [2.24, 2.45) is 0 Å². The Morgan fingerprint density at radius 1 is 1.50 bits per heavy atom. The summed E-state index contributed by atoms with van der Waals surface area (Å²) >= 11 is 3.95. The summed E-state index contributed by atoms with van der Waals surface area (Å²) in [5.41, 5.74) is 3.02. The van der Waals surface area contributed by atoms with Crippen LogP contribution in [0.3, 0.4) is 0 Å². The molecule has 0 saturated carbocycles. The van der Waals surface area contributed by atoms with Crippen LogP contribution in [-0.4, -0.2) is 23.8 Å². The van der Waals surface area contributed by atoms with Gasteiger partial charge in [0.25, 0.3) is 0 Å². The first-order valence-electron chi connectivity index (χ1n) is 5.72. The van der Waals surface area contributed by atoms with E-state index in [4.69, 9.17) is 0 Å². The topological polar surface area (TPSA) is 12.0 Å². The first-order valence-corrected chi connectivity index (χ1v) is 8.26. The molecule has 16 heavy (non-hydrogen) atoms. The van der Waals surface area contributed by atoms with Crippen molar-refractivity contribution in [3.8, 4) is 0 Å². The Morgan fingerprint density at radius 2 is 2.31 bits per heavy atom. The fourth-order valence-electron chi connectivity index (χ4n) is 2.16. The number of nitrogens with one attached hydrogen (secondary N) is 1. The van der Waals surface area contributed by atoms with Gasteiger partial charge >= 0.3 is 0 Å². The summed E-state index contributed by atoms with van der Waals surface area (Å²) in [6, 6.07) is 9.97. The quantitative estimate of drug-likeness (QED) is 0.884. The van der Waals surface area contributed by atoms with Gasteiger partial charge < -0.3 is 5.32 Å². The van der Waals surface area contributed by atoms with E-state index in [2.05, 4.69) is 42.8 Å². The van der Waals surface area contributed by atoms with E-state index >= 15 is 0 Å². The number of thioether (sulfide) groups is 2. The lowest BCUT2D eigenvalue weighted by atomic mass is 10.0. The number of fused-ring (bicyclic) bond motifs is 1. The smallest absolute Gasteiger partial charge is 0.0417 e. The lowest BCUT2D eigenvalue weighted by Gasteiger charge is -2.28. The minimum atomic E-state index is 0.539. The summed E-state index contributed by atoms with van der Waals surface area (Å²) in [7, 11) is 0. The zero-order chi connectivity index (χ0) is 11.4. The number of hydrogen-bond acceptors (Lipinski definition) is 3. The SMILES string of the molecule is CSCC(C)NC1CSCc2ccccc21. The van der Waals surface area contributed by atoms with Crippen LogP contribution in [0.15, 0.2) is 24.3 Å². The number of benzene rings is 1. The zero-order valence-electron chi connectivity index (χ0n) is 9.90. The summed E-state index contributed by atoms with van der Waals surface area (Å²) in [6.45, 7) is 2.28. The van der Waals surface area contributed by atoms with E-state index in [1.54, 1.807) is 0 Å². The van der Waals surface area contributed by atoms with Crippen LogP contribution in [0.1, 0.15) is 24.1 Å². The third kappa shape index (κ3) is 2.96. The molecule has 1 N–H and O–H groups in total. The van der Waals surface area contributed by atoms with Gasteiger partial charge in [-0.05, 0) is 24.3 Å². The molecule has 88 valence electrons. The highest BCUT2D eigenvalue weighted by Crippen LogP contribution is 2.31. The van der Waals surface area contributed by atoms with Gasteiger partial charge in [-0.15, -0.1) is 0 Å². The molecule has 2 unspecified atom stereocenters. The molecule has 0 aliphatic carbocycles. The molecule has 1 aliphatic heterocycles. The Hall–Kier alpha value is -0.120. The average molecular weight is 253 g/mol. The Balaban J connectivity index is 2.07. The van der Waals surface area contributed by atoms with Gasteiger partial charge in [0.1, 0.15) is 0 Å². The van der Waals surface area contributed by atoms with E-state index in [0.29, 0.717) is 12.1 Å². The molecule has 0 radical (unpaired) electrons. The van der Waals surface area contributed by atoms with Crippen molar-refractivity contribution < 1.29 is 0 Å². The largest absolute Gasteiger partial charge is 0.306 e. The maximum absolute atomic E-state index is 3.73. The number of hydrogen-bond donors (Lipinski definition) is 1. The molecular weight excluding hydrogens is 234 g/mol. The van der Waals surface area contributed by atoms with Gasteiger partial charge in [0, 0.05) is 29.3 Å². The summed E-state index contributed by atoms with van der Waals surface area (Å²) < 4.78 is 0. The van der Waals surface area contributed by atoms with Crippen LogP contribution in [-0.2, 0) is 5.75 Å². The van der Waals surface area contributed by atoms with E-state index in [1.165, 1.54) is 28.4 Å². The first-order chi connectivity index (χ1) is 7.81. The first kappa shape index (κ1) is 12.3. The molecule has 0 spiro atoms. The van der Waals surface area contributed by atoms with Gasteiger partial charge in [-0.1, -0.05) is 24.3 Å². The van der Waals surface area contributed by atoms with E-state index in [0.717, 1.165) is 0 Å². The number of rotatable bonds is 4. The van der Waals surface area contributed by atoms with Crippen LogP contribution < -0.4 is 5.32 Å². The van der Waals surface area contributed by atoms with Crippen molar-refractivity contribution in [3.05, 3.63) is 35.4 Å². The molecule has 0 fully saturated rings. The predicted molar refractivity (Wildman–Crippen MR) is 76.3 cm³/mol. The molecule has 0 saturated heterocycles. The Bertz CT molecular complexity index is 340. The highest BCUT2D eigenvalue weighted by Gasteiger charge is 2.20. The monoisotopic (exact) mass is 253 g/mol. The second kappa shape index (κ2) is 5.99. The lowest BCUT2D eigenvalue weighted by molar-refractivity contribution is 0.512.